The van der Waals surface area contributed by atoms with Gasteiger partial charge < -0.3 is 19.7 Å². The zero-order valence-corrected chi connectivity index (χ0v) is 19.9. The molecule has 1 N–H and O–H groups in total. The van der Waals surface area contributed by atoms with Crippen LogP contribution in [0.3, 0.4) is 0 Å². The molecule has 1 fully saturated rings. The molecule has 2 heterocycles. The molecule has 6 heteroatoms. The molecule has 33 heavy (non-hydrogen) atoms. The fraction of sp³-hybridized carbons (Fsp3) is 0.481. The lowest BCUT2D eigenvalue weighted by molar-refractivity contribution is -0.132. The second-order valence-electron chi connectivity index (χ2n) is 9.84. The number of benzene rings is 2. The minimum Gasteiger partial charge on any atom is -0.490 e. The lowest BCUT2D eigenvalue weighted by Gasteiger charge is -2.26. The first-order valence-corrected chi connectivity index (χ1v) is 11.9. The standard InChI is InChI=1S/C27H34N2O4/c1-27(2,3)21-10-7-19(8-11-21)26(31)28-14-13-25(30)29-15-4-6-22(29)20-9-12-23-24(18-20)33-17-5-16-32-23/h7-12,18,22H,4-6,13-17H2,1-3H3,(H,28,31)/t22-/m1/s1. The van der Waals surface area contributed by atoms with Gasteiger partial charge in [-0.2, -0.15) is 0 Å². The molecule has 1 atom stereocenters. The Balaban J connectivity index is 1.33. The average Bonchev–Trinajstić information content (AvgIpc) is 3.17. The second-order valence-corrected chi connectivity index (χ2v) is 9.84. The van der Waals surface area contributed by atoms with E-state index in [9.17, 15) is 9.59 Å². The number of carbonyl (C=O) groups is 2. The molecule has 2 aromatic carbocycles. The van der Waals surface area contributed by atoms with Crippen molar-refractivity contribution in [3.63, 3.8) is 0 Å². The molecule has 2 aliphatic heterocycles. The molecule has 1 saturated heterocycles. The Morgan fingerprint density at radius 2 is 1.73 bits per heavy atom. The lowest BCUT2D eigenvalue weighted by Crippen LogP contribution is -2.34. The molecule has 0 aromatic heterocycles. The highest BCUT2D eigenvalue weighted by Gasteiger charge is 2.30. The zero-order chi connectivity index (χ0) is 23.4. The monoisotopic (exact) mass is 450 g/mol. The lowest BCUT2D eigenvalue weighted by atomic mass is 9.87. The smallest absolute Gasteiger partial charge is 0.251 e. The number of nitrogens with one attached hydrogen (secondary N) is 1. The SMILES string of the molecule is CC(C)(C)c1ccc(C(=O)NCCC(=O)N2CCC[C@@H]2c2ccc3c(c2)OCCCO3)cc1. The minimum absolute atomic E-state index is 0.0373. The maximum Gasteiger partial charge on any atom is 0.251 e. The van der Waals surface area contributed by atoms with Crippen LogP contribution in [-0.4, -0.2) is 43.0 Å². The maximum absolute atomic E-state index is 13.0. The number of fused-ring (bicyclic) bond motifs is 1. The van der Waals surface area contributed by atoms with E-state index in [0.717, 1.165) is 42.9 Å². The minimum atomic E-state index is -0.149. The van der Waals surface area contributed by atoms with E-state index in [1.807, 2.05) is 47.4 Å². The number of likely N-dealkylation sites (tertiary alicyclic amines) is 1. The summed E-state index contributed by atoms with van der Waals surface area (Å²) < 4.78 is 11.6. The van der Waals surface area contributed by atoms with E-state index < -0.39 is 0 Å². The van der Waals surface area contributed by atoms with Gasteiger partial charge in [0.05, 0.1) is 19.3 Å². The first-order valence-electron chi connectivity index (χ1n) is 11.9. The largest absolute Gasteiger partial charge is 0.490 e. The van der Waals surface area contributed by atoms with Gasteiger partial charge in [0.2, 0.25) is 5.91 Å². The van der Waals surface area contributed by atoms with Crippen molar-refractivity contribution in [2.24, 2.45) is 0 Å². The second kappa shape index (κ2) is 9.86. The van der Waals surface area contributed by atoms with Gasteiger partial charge in [0, 0.05) is 31.5 Å². The number of carbonyl (C=O) groups excluding carboxylic acids is 2. The highest BCUT2D eigenvalue weighted by Crippen LogP contribution is 2.38. The third-order valence-corrected chi connectivity index (χ3v) is 6.37. The van der Waals surface area contributed by atoms with Crippen LogP contribution in [0, 0.1) is 0 Å². The van der Waals surface area contributed by atoms with Crippen LogP contribution in [0.1, 0.15) is 74.0 Å². The van der Waals surface area contributed by atoms with Crippen molar-refractivity contribution in [1.82, 2.24) is 10.2 Å². The Kier molecular flexibility index (Phi) is 6.91. The number of rotatable bonds is 5. The van der Waals surface area contributed by atoms with Crippen LogP contribution in [0.2, 0.25) is 0 Å². The first kappa shape index (κ1) is 23.1. The van der Waals surface area contributed by atoms with Gasteiger partial charge in [-0.05, 0) is 53.6 Å². The summed E-state index contributed by atoms with van der Waals surface area (Å²) in [5.41, 5.74) is 2.92. The van der Waals surface area contributed by atoms with Gasteiger partial charge in [0.15, 0.2) is 11.5 Å². The van der Waals surface area contributed by atoms with Crippen molar-refractivity contribution in [3.05, 3.63) is 59.2 Å². The van der Waals surface area contributed by atoms with Crippen LogP contribution >= 0.6 is 0 Å². The van der Waals surface area contributed by atoms with E-state index in [1.54, 1.807) is 0 Å². The van der Waals surface area contributed by atoms with Crippen molar-refractivity contribution < 1.29 is 19.1 Å². The van der Waals surface area contributed by atoms with Crippen LogP contribution in [0.25, 0.3) is 0 Å². The maximum atomic E-state index is 13.0. The third kappa shape index (κ3) is 5.49. The molecule has 6 nitrogen and oxygen atoms in total. The molecule has 0 bridgehead atoms. The Morgan fingerprint density at radius 3 is 2.45 bits per heavy atom. The summed E-state index contributed by atoms with van der Waals surface area (Å²) in [7, 11) is 0. The number of amides is 2. The summed E-state index contributed by atoms with van der Waals surface area (Å²) in [5.74, 6) is 1.44. The molecule has 4 rings (SSSR count). The van der Waals surface area contributed by atoms with E-state index in [-0.39, 0.29) is 29.7 Å². The molecule has 0 radical (unpaired) electrons. The molecule has 2 amide bonds. The van der Waals surface area contributed by atoms with Gasteiger partial charge in [-0.15, -0.1) is 0 Å². The highest BCUT2D eigenvalue weighted by molar-refractivity contribution is 5.94. The number of ether oxygens (including phenoxy) is 2. The fourth-order valence-corrected chi connectivity index (χ4v) is 4.45. The van der Waals surface area contributed by atoms with Gasteiger partial charge in [-0.1, -0.05) is 39.0 Å². The topological polar surface area (TPSA) is 67.9 Å². The first-order chi connectivity index (χ1) is 15.8. The predicted molar refractivity (Wildman–Crippen MR) is 128 cm³/mol. The average molecular weight is 451 g/mol. The van der Waals surface area contributed by atoms with E-state index in [1.165, 1.54) is 5.56 Å². The summed E-state index contributed by atoms with van der Waals surface area (Å²) in [6.07, 6.45) is 3.05. The van der Waals surface area contributed by atoms with Gasteiger partial charge in [-0.25, -0.2) is 0 Å². The summed E-state index contributed by atoms with van der Waals surface area (Å²) in [6.45, 7) is 8.79. The summed E-state index contributed by atoms with van der Waals surface area (Å²) in [4.78, 5) is 27.4. The van der Waals surface area contributed by atoms with Crippen molar-refractivity contribution in [1.29, 1.82) is 0 Å². The van der Waals surface area contributed by atoms with Crippen molar-refractivity contribution in [2.45, 2.75) is 57.9 Å². The van der Waals surface area contributed by atoms with E-state index in [4.69, 9.17) is 9.47 Å². The van der Waals surface area contributed by atoms with Gasteiger partial charge in [-0.3, -0.25) is 9.59 Å². The number of hydrogen-bond donors (Lipinski definition) is 1. The molecule has 2 aromatic rings. The van der Waals surface area contributed by atoms with Crippen LogP contribution in [0.5, 0.6) is 11.5 Å². The normalized spacial score (nSPS) is 18.0. The zero-order valence-electron chi connectivity index (χ0n) is 19.9. The van der Waals surface area contributed by atoms with Crippen molar-refractivity contribution in [3.8, 4) is 11.5 Å². The molecular formula is C27H34N2O4. The predicted octanol–water partition coefficient (Wildman–Crippen LogP) is 4.63. The van der Waals surface area contributed by atoms with Crippen LogP contribution in [0.15, 0.2) is 42.5 Å². The molecule has 0 aliphatic carbocycles. The molecular weight excluding hydrogens is 416 g/mol. The van der Waals surface area contributed by atoms with Crippen LogP contribution < -0.4 is 14.8 Å². The quantitative estimate of drug-likeness (QED) is 0.721. The van der Waals surface area contributed by atoms with Crippen molar-refractivity contribution in [2.75, 3.05) is 26.3 Å². The Morgan fingerprint density at radius 1 is 1.00 bits per heavy atom. The molecule has 0 saturated carbocycles. The van der Waals surface area contributed by atoms with E-state index in [0.29, 0.717) is 25.3 Å². The highest BCUT2D eigenvalue weighted by atomic mass is 16.5. The van der Waals surface area contributed by atoms with Crippen LogP contribution in [-0.2, 0) is 10.2 Å². The molecule has 0 unspecified atom stereocenters. The van der Waals surface area contributed by atoms with Gasteiger partial charge >= 0.3 is 0 Å². The number of nitrogens with zero attached hydrogens (tertiary/aromatic N) is 1. The van der Waals surface area contributed by atoms with E-state index >= 15 is 0 Å². The summed E-state index contributed by atoms with van der Waals surface area (Å²) in [5, 5.41) is 2.89. The molecule has 176 valence electrons. The summed E-state index contributed by atoms with van der Waals surface area (Å²) in [6, 6.07) is 13.7. The van der Waals surface area contributed by atoms with E-state index in [2.05, 4.69) is 26.1 Å². The van der Waals surface area contributed by atoms with Gasteiger partial charge in [0.25, 0.3) is 5.91 Å². The molecule has 2 aliphatic rings. The molecule has 0 spiro atoms. The Hall–Kier alpha value is -3.02. The summed E-state index contributed by atoms with van der Waals surface area (Å²) >= 11 is 0. The third-order valence-electron chi connectivity index (χ3n) is 6.37. The van der Waals surface area contributed by atoms with Gasteiger partial charge in [0.1, 0.15) is 0 Å². The van der Waals surface area contributed by atoms with Crippen LogP contribution in [0.4, 0.5) is 0 Å². The Labute approximate surface area is 196 Å². The fourth-order valence-electron chi connectivity index (χ4n) is 4.45. The number of hydrogen-bond acceptors (Lipinski definition) is 4. The van der Waals surface area contributed by atoms with Crippen molar-refractivity contribution >= 4 is 11.8 Å². The Bertz CT molecular complexity index is 994.